The normalized spacial score (nSPS) is 22.9. The molecule has 0 aromatic carbocycles. The second kappa shape index (κ2) is 5.64. The molecule has 20 heavy (non-hydrogen) atoms. The fourth-order valence-electron chi connectivity index (χ4n) is 2.71. The van der Waals surface area contributed by atoms with Crippen LogP contribution >= 0.6 is 11.3 Å². The van der Waals surface area contributed by atoms with Crippen LogP contribution in [0.5, 0.6) is 0 Å². The third-order valence-electron chi connectivity index (χ3n) is 3.97. The zero-order chi connectivity index (χ0) is 14.2. The highest BCUT2D eigenvalue weighted by atomic mass is 32.1. The summed E-state index contributed by atoms with van der Waals surface area (Å²) in [6.07, 6.45) is 0.924. The molecule has 0 amide bonds. The molecule has 1 atom stereocenters. The summed E-state index contributed by atoms with van der Waals surface area (Å²) in [6, 6.07) is 0.670. The van der Waals surface area contributed by atoms with E-state index < -0.39 is 12.6 Å². The van der Waals surface area contributed by atoms with Crippen LogP contribution in [0.1, 0.15) is 53.6 Å². The molecule has 1 fully saturated rings. The van der Waals surface area contributed by atoms with Gasteiger partial charge < -0.3 is 5.32 Å². The number of hydrogen-bond acceptors (Lipinski definition) is 3. The summed E-state index contributed by atoms with van der Waals surface area (Å²) in [4.78, 5) is 5.73. The lowest BCUT2D eigenvalue weighted by molar-refractivity contribution is -0.134. The Morgan fingerprint density at radius 3 is 2.75 bits per heavy atom. The molecular weight excluding hydrogens is 285 g/mol. The Hall–Kier alpha value is -0.620. The van der Waals surface area contributed by atoms with Gasteiger partial charge in [-0.05, 0) is 32.1 Å². The van der Waals surface area contributed by atoms with E-state index in [9.17, 15) is 13.2 Å². The molecular formula is C14H19F3N2S. The number of nitrogens with one attached hydrogen (secondary N) is 1. The molecule has 1 aromatic heterocycles. The number of hydrogen-bond donors (Lipinski definition) is 1. The minimum Gasteiger partial charge on any atom is -0.313 e. The molecule has 0 aliphatic heterocycles. The zero-order valence-electron chi connectivity index (χ0n) is 11.3. The Morgan fingerprint density at radius 1 is 1.25 bits per heavy atom. The first-order chi connectivity index (χ1) is 9.51. The Balaban J connectivity index is 1.64. The van der Waals surface area contributed by atoms with Crippen LogP contribution in [0.2, 0.25) is 0 Å². The van der Waals surface area contributed by atoms with E-state index in [1.807, 2.05) is 0 Å². The summed E-state index contributed by atoms with van der Waals surface area (Å²) in [5.41, 5.74) is 1.08. The largest absolute Gasteiger partial charge is 0.389 e. The fourth-order valence-corrected chi connectivity index (χ4v) is 3.90. The highest BCUT2D eigenvalue weighted by Gasteiger charge is 2.30. The van der Waals surface area contributed by atoms with Gasteiger partial charge in [-0.1, -0.05) is 0 Å². The number of aryl methyl sites for hydroxylation is 2. The molecule has 0 saturated heterocycles. The molecule has 3 rings (SSSR count). The first-order valence-corrected chi connectivity index (χ1v) is 8.11. The van der Waals surface area contributed by atoms with Gasteiger partial charge in [-0.15, -0.1) is 11.3 Å². The average molecular weight is 304 g/mol. The van der Waals surface area contributed by atoms with Gasteiger partial charge in [0.1, 0.15) is 0 Å². The van der Waals surface area contributed by atoms with Gasteiger partial charge in [-0.25, -0.2) is 4.98 Å². The van der Waals surface area contributed by atoms with Crippen molar-refractivity contribution < 1.29 is 13.2 Å². The maximum Gasteiger partial charge on any atom is 0.389 e. The van der Waals surface area contributed by atoms with Gasteiger partial charge in [-0.2, -0.15) is 13.2 Å². The SMILES string of the molecule is FC(F)(F)CCc1nc2c(s1)CCCC2CNC1CC1. The lowest BCUT2D eigenvalue weighted by atomic mass is 9.91. The number of aromatic nitrogens is 1. The van der Waals surface area contributed by atoms with Gasteiger partial charge >= 0.3 is 6.18 Å². The lowest BCUT2D eigenvalue weighted by Gasteiger charge is -2.21. The number of halogens is 3. The van der Waals surface area contributed by atoms with Crippen molar-refractivity contribution in [3.05, 3.63) is 15.6 Å². The van der Waals surface area contributed by atoms with E-state index in [1.54, 1.807) is 0 Å². The molecule has 2 aliphatic rings. The molecule has 112 valence electrons. The van der Waals surface area contributed by atoms with Crippen molar-refractivity contribution >= 4 is 11.3 Å². The van der Waals surface area contributed by atoms with Crippen molar-refractivity contribution in [1.29, 1.82) is 0 Å². The van der Waals surface area contributed by atoms with Crippen LogP contribution in [0, 0.1) is 0 Å². The van der Waals surface area contributed by atoms with Crippen molar-refractivity contribution in [3.63, 3.8) is 0 Å². The number of thiazole rings is 1. The second-order valence-corrected chi connectivity index (χ2v) is 6.97. The minimum atomic E-state index is -4.08. The standard InChI is InChI=1S/C14H19F3N2S/c15-14(16,17)7-6-12-19-13-9(8-18-10-4-5-10)2-1-3-11(13)20-12/h9-10,18H,1-8H2. The van der Waals surface area contributed by atoms with Gasteiger partial charge in [0.05, 0.1) is 10.7 Å². The van der Waals surface area contributed by atoms with Gasteiger partial charge in [0.2, 0.25) is 0 Å². The van der Waals surface area contributed by atoms with E-state index in [0.717, 1.165) is 31.5 Å². The van der Waals surface area contributed by atoms with Crippen LogP contribution in [-0.2, 0) is 12.8 Å². The number of fused-ring (bicyclic) bond motifs is 1. The Labute approximate surface area is 120 Å². The highest BCUT2D eigenvalue weighted by Crippen LogP contribution is 2.36. The topological polar surface area (TPSA) is 24.9 Å². The van der Waals surface area contributed by atoms with E-state index in [-0.39, 0.29) is 6.42 Å². The number of alkyl halides is 3. The Morgan fingerprint density at radius 2 is 2.05 bits per heavy atom. The monoisotopic (exact) mass is 304 g/mol. The quantitative estimate of drug-likeness (QED) is 0.895. The van der Waals surface area contributed by atoms with Crippen LogP contribution in [-0.4, -0.2) is 23.7 Å². The molecule has 0 spiro atoms. The van der Waals surface area contributed by atoms with E-state index in [1.165, 1.54) is 29.1 Å². The van der Waals surface area contributed by atoms with E-state index in [2.05, 4.69) is 10.3 Å². The van der Waals surface area contributed by atoms with Crippen molar-refractivity contribution in [3.8, 4) is 0 Å². The van der Waals surface area contributed by atoms with E-state index in [0.29, 0.717) is 17.0 Å². The summed E-state index contributed by atoms with van der Waals surface area (Å²) in [5, 5.41) is 4.18. The molecule has 1 heterocycles. The molecule has 0 bridgehead atoms. The Kier molecular flexibility index (Phi) is 4.04. The van der Waals surface area contributed by atoms with Gasteiger partial charge in [-0.3, -0.25) is 0 Å². The van der Waals surface area contributed by atoms with Crippen molar-refractivity contribution in [2.75, 3.05) is 6.54 Å². The van der Waals surface area contributed by atoms with Crippen LogP contribution < -0.4 is 5.32 Å². The smallest absolute Gasteiger partial charge is 0.313 e. The molecule has 2 nitrogen and oxygen atoms in total. The third kappa shape index (κ3) is 3.73. The maximum absolute atomic E-state index is 12.3. The predicted molar refractivity (Wildman–Crippen MR) is 73.2 cm³/mol. The predicted octanol–water partition coefficient (Wildman–Crippen LogP) is 3.81. The maximum atomic E-state index is 12.3. The highest BCUT2D eigenvalue weighted by molar-refractivity contribution is 7.11. The van der Waals surface area contributed by atoms with E-state index in [4.69, 9.17) is 0 Å². The molecule has 1 aromatic rings. The van der Waals surface area contributed by atoms with Crippen molar-refractivity contribution in [1.82, 2.24) is 10.3 Å². The molecule has 1 unspecified atom stereocenters. The second-order valence-electron chi connectivity index (χ2n) is 5.80. The van der Waals surface area contributed by atoms with E-state index >= 15 is 0 Å². The number of nitrogens with zero attached hydrogens (tertiary/aromatic N) is 1. The summed E-state index contributed by atoms with van der Waals surface area (Å²) < 4.78 is 36.9. The van der Waals surface area contributed by atoms with Crippen LogP contribution in [0.25, 0.3) is 0 Å². The van der Waals surface area contributed by atoms with Crippen molar-refractivity contribution in [2.24, 2.45) is 0 Å². The molecule has 1 saturated carbocycles. The zero-order valence-corrected chi connectivity index (χ0v) is 12.1. The van der Waals surface area contributed by atoms with Gasteiger partial charge in [0.15, 0.2) is 0 Å². The summed E-state index contributed by atoms with van der Waals surface area (Å²) in [5.74, 6) is 0.398. The van der Waals surface area contributed by atoms with Gasteiger partial charge in [0.25, 0.3) is 0 Å². The first-order valence-electron chi connectivity index (χ1n) is 7.30. The molecule has 0 radical (unpaired) electrons. The third-order valence-corrected chi connectivity index (χ3v) is 5.16. The average Bonchev–Trinajstić information content (AvgIpc) is 3.10. The van der Waals surface area contributed by atoms with Crippen molar-refractivity contribution in [2.45, 2.75) is 63.1 Å². The van der Waals surface area contributed by atoms with Crippen LogP contribution in [0.4, 0.5) is 13.2 Å². The Bertz CT molecular complexity index is 465. The van der Waals surface area contributed by atoms with Gasteiger partial charge in [0, 0.05) is 36.2 Å². The fraction of sp³-hybridized carbons (Fsp3) is 0.786. The number of rotatable bonds is 5. The first kappa shape index (κ1) is 14.3. The summed E-state index contributed by atoms with van der Waals surface area (Å²) >= 11 is 1.49. The summed E-state index contributed by atoms with van der Waals surface area (Å²) in [7, 11) is 0. The minimum absolute atomic E-state index is 0.0317. The van der Waals surface area contributed by atoms with Crippen LogP contribution in [0.3, 0.4) is 0 Å². The molecule has 2 aliphatic carbocycles. The van der Waals surface area contributed by atoms with Crippen LogP contribution in [0.15, 0.2) is 0 Å². The summed E-state index contributed by atoms with van der Waals surface area (Å²) in [6.45, 7) is 0.931. The molecule has 6 heteroatoms. The molecule has 1 N–H and O–H groups in total. The lowest BCUT2D eigenvalue weighted by Crippen LogP contribution is -2.25.